The number of carbonyl (C=O) groups is 1. The number of nitrogen functional groups attached to an aromatic ring is 1. The van der Waals surface area contributed by atoms with Crippen LogP contribution >= 0.6 is 15.9 Å². The van der Waals surface area contributed by atoms with Crippen molar-refractivity contribution < 1.29 is 14.6 Å². The minimum absolute atomic E-state index is 0.133. The molecule has 3 N–H and O–H groups in total. The van der Waals surface area contributed by atoms with Gasteiger partial charge in [0.2, 0.25) is 0 Å². The first kappa shape index (κ1) is 12.3. The van der Waals surface area contributed by atoms with E-state index in [2.05, 4.69) is 30.6 Å². The Labute approximate surface area is 111 Å². The Morgan fingerprint density at radius 3 is 2.83 bits per heavy atom. The quantitative estimate of drug-likeness (QED) is 0.383. The minimum Gasteiger partial charge on any atom is -0.449 e. The Bertz CT molecular complexity index is 604. The van der Waals surface area contributed by atoms with Crippen LogP contribution in [0.4, 0.5) is 10.5 Å². The van der Waals surface area contributed by atoms with Gasteiger partial charge < -0.3 is 15.6 Å². The van der Waals surface area contributed by atoms with Crippen molar-refractivity contribution in [1.82, 2.24) is 9.97 Å². The van der Waals surface area contributed by atoms with E-state index in [1.165, 1.54) is 6.07 Å². The molecule has 1 heterocycles. The maximum Gasteiger partial charge on any atom is 0.511 e. The lowest BCUT2D eigenvalue weighted by molar-refractivity contribution is 0.144. The fourth-order valence-corrected chi connectivity index (χ4v) is 1.72. The van der Waals surface area contributed by atoms with Crippen LogP contribution in [0.3, 0.4) is 0 Å². The molecule has 0 spiro atoms. The molecule has 2 rings (SSSR count). The molecule has 6 nitrogen and oxygen atoms in total. The molecular formula is C11H8BrN3O3. The molecule has 92 valence electrons. The number of hydrogen-bond acceptors (Lipinski definition) is 5. The molecule has 1 aromatic heterocycles. The Kier molecular flexibility index (Phi) is 3.42. The summed E-state index contributed by atoms with van der Waals surface area (Å²) in [6.45, 7) is 0. The van der Waals surface area contributed by atoms with Crippen molar-refractivity contribution in [2.75, 3.05) is 5.73 Å². The number of rotatable bonds is 2. The molecule has 0 atom stereocenters. The van der Waals surface area contributed by atoms with Gasteiger partial charge in [-0.15, -0.1) is 0 Å². The van der Waals surface area contributed by atoms with Gasteiger partial charge in [-0.2, -0.15) is 0 Å². The molecule has 0 aliphatic heterocycles. The van der Waals surface area contributed by atoms with Gasteiger partial charge in [0, 0.05) is 23.5 Å². The van der Waals surface area contributed by atoms with Crippen LogP contribution in [0.25, 0.3) is 11.3 Å². The molecule has 0 radical (unpaired) electrons. The molecule has 0 aliphatic carbocycles. The topological polar surface area (TPSA) is 98.3 Å². The lowest BCUT2D eigenvalue weighted by Gasteiger charge is -2.08. The maximum absolute atomic E-state index is 10.6. The summed E-state index contributed by atoms with van der Waals surface area (Å²) in [7, 11) is 0. The van der Waals surface area contributed by atoms with Gasteiger partial charge in [0.15, 0.2) is 4.73 Å². The second-order valence-electron chi connectivity index (χ2n) is 3.33. The summed E-state index contributed by atoms with van der Waals surface area (Å²) in [6.07, 6.45) is 0.141. The Balaban J connectivity index is 2.52. The smallest absolute Gasteiger partial charge is 0.449 e. The van der Waals surface area contributed by atoms with Crippen LogP contribution in [0.2, 0.25) is 0 Å². The first-order valence-corrected chi connectivity index (χ1v) is 5.65. The highest BCUT2D eigenvalue weighted by Crippen LogP contribution is 2.31. The van der Waals surface area contributed by atoms with Gasteiger partial charge in [-0.1, -0.05) is 0 Å². The van der Waals surface area contributed by atoms with E-state index in [1.807, 2.05) is 0 Å². The third-order valence-corrected chi connectivity index (χ3v) is 2.49. The zero-order chi connectivity index (χ0) is 13.1. The van der Waals surface area contributed by atoms with Gasteiger partial charge in [0.1, 0.15) is 5.75 Å². The van der Waals surface area contributed by atoms with E-state index in [1.54, 1.807) is 24.4 Å². The van der Waals surface area contributed by atoms with Crippen molar-refractivity contribution in [3.63, 3.8) is 0 Å². The number of aromatic nitrogens is 2. The molecule has 0 saturated carbocycles. The lowest BCUT2D eigenvalue weighted by Crippen LogP contribution is -2.05. The zero-order valence-electron chi connectivity index (χ0n) is 9.00. The van der Waals surface area contributed by atoms with Crippen LogP contribution in [-0.2, 0) is 0 Å². The summed E-state index contributed by atoms with van der Waals surface area (Å²) in [4.78, 5) is 18.7. The molecular weight excluding hydrogens is 302 g/mol. The number of nitrogens with zero attached hydrogens (tertiary/aromatic N) is 2. The number of carboxylic acid groups (broad SMARTS) is 1. The molecule has 0 fully saturated rings. The monoisotopic (exact) mass is 309 g/mol. The minimum atomic E-state index is -1.41. The number of ether oxygens (including phenoxy) is 1. The van der Waals surface area contributed by atoms with Gasteiger partial charge in [-0.25, -0.2) is 14.8 Å². The highest BCUT2D eigenvalue weighted by atomic mass is 79.9. The van der Waals surface area contributed by atoms with E-state index in [9.17, 15) is 4.79 Å². The number of benzene rings is 1. The molecule has 0 saturated heterocycles. The van der Waals surface area contributed by atoms with Gasteiger partial charge in [0.25, 0.3) is 0 Å². The van der Waals surface area contributed by atoms with Crippen LogP contribution in [0, 0.1) is 0 Å². The van der Waals surface area contributed by atoms with Crippen molar-refractivity contribution >= 4 is 27.8 Å². The fourth-order valence-electron chi connectivity index (χ4n) is 1.41. The second kappa shape index (κ2) is 5.01. The zero-order valence-corrected chi connectivity index (χ0v) is 10.6. The summed E-state index contributed by atoms with van der Waals surface area (Å²) in [5.74, 6) is 0.133. The molecule has 0 bridgehead atoms. The summed E-state index contributed by atoms with van der Waals surface area (Å²) >= 11 is 3.15. The third kappa shape index (κ3) is 2.75. The molecule has 1 aromatic carbocycles. The van der Waals surface area contributed by atoms with Gasteiger partial charge in [-0.3, -0.25) is 0 Å². The molecule has 18 heavy (non-hydrogen) atoms. The first-order chi connectivity index (χ1) is 8.56. The Hall–Kier alpha value is -2.15. The Morgan fingerprint density at radius 1 is 1.39 bits per heavy atom. The molecule has 2 aromatic rings. The van der Waals surface area contributed by atoms with Gasteiger partial charge in [-0.05, 0) is 34.1 Å². The predicted octanol–water partition coefficient (Wildman–Crippen LogP) is 2.55. The van der Waals surface area contributed by atoms with E-state index in [0.717, 1.165) is 0 Å². The van der Waals surface area contributed by atoms with Crippen LogP contribution in [0.15, 0.2) is 35.2 Å². The average Bonchev–Trinajstić information content (AvgIpc) is 2.28. The van der Waals surface area contributed by atoms with Gasteiger partial charge >= 0.3 is 6.16 Å². The van der Waals surface area contributed by atoms with Crippen LogP contribution in [0.5, 0.6) is 5.75 Å². The number of hydrogen-bond donors (Lipinski definition) is 2. The molecule has 0 aliphatic rings. The van der Waals surface area contributed by atoms with Crippen LogP contribution in [-0.4, -0.2) is 21.2 Å². The molecule has 7 heteroatoms. The Morgan fingerprint density at radius 2 is 2.17 bits per heavy atom. The summed E-state index contributed by atoms with van der Waals surface area (Å²) < 4.78 is 5.08. The van der Waals surface area contributed by atoms with Crippen molar-refractivity contribution in [2.24, 2.45) is 0 Å². The normalized spacial score (nSPS) is 10.1. The number of anilines is 1. The highest BCUT2D eigenvalue weighted by Gasteiger charge is 2.12. The summed E-state index contributed by atoms with van der Waals surface area (Å²) in [5, 5.41) is 8.68. The summed E-state index contributed by atoms with van der Waals surface area (Å²) in [5.41, 5.74) is 7.06. The van der Waals surface area contributed by atoms with Crippen LogP contribution < -0.4 is 10.5 Å². The molecule has 0 amide bonds. The van der Waals surface area contributed by atoms with E-state index in [0.29, 0.717) is 21.7 Å². The standard InChI is InChI=1S/C11H8BrN3O3/c12-10-14-4-3-8(15-10)7-2-1-6(13)5-9(7)18-11(16)17/h1-5H,13H2,(H,16,17). The van der Waals surface area contributed by atoms with Crippen molar-refractivity contribution in [3.8, 4) is 17.0 Å². The van der Waals surface area contributed by atoms with Crippen molar-refractivity contribution in [3.05, 3.63) is 35.2 Å². The molecule has 0 unspecified atom stereocenters. The summed E-state index contributed by atoms with van der Waals surface area (Å²) in [6, 6.07) is 6.35. The average molecular weight is 310 g/mol. The van der Waals surface area contributed by atoms with Crippen molar-refractivity contribution in [2.45, 2.75) is 0 Å². The highest BCUT2D eigenvalue weighted by molar-refractivity contribution is 9.10. The van der Waals surface area contributed by atoms with Crippen LogP contribution in [0.1, 0.15) is 0 Å². The third-order valence-electron chi connectivity index (χ3n) is 2.11. The van der Waals surface area contributed by atoms with E-state index in [4.69, 9.17) is 10.8 Å². The first-order valence-electron chi connectivity index (χ1n) is 4.85. The van der Waals surface area contributed by atoms with E-state index < -0.39 is 6.16 Å². The van der Waals surface area contributed by atoms with Gasteiger partial charge in [0.05, 0.1) is 5.69 Å². The lowest BCUT2D eigenvalue weighted by atomic mass is 10.1. The van der Waals surface area contributed by atoms with E-state index >= 15 is 0 Å². The van der Waals surface area contributed by atoms with Crippen molar-refractivity contribution in [1.29, 1.82) is 0 Å². The maximum atomic E-state index is 10.6. The van der Waals surface area contributed by atoms with E-state index in [-0.39, 0.29) is 5.75 Å². The largest absolute Gasteiger partial charge is 0.511 e. The predicted molar refractivity (Wildman–Crippen MR) is 68.2 cm³/mol. The number of nitrogens with two attached hydrogens (primary N) is 1. The number of halogens is 1. The fraction of sp³-hybridized carbons (Fsp3) is 0. The SMILES string of the molecule is Nc1ccc(-c2ccnc(Br)n2)c(OC(=O)O)c1. The second-order valence-corrected chi connectivity index (χ2v) is 4.04.